The van der Waals surface area contributed by atoms with Crippen molar-refractivity contribution in [3.63, 3.8) is 0 Å². The van der Waals surface area contributed by atoms with Crippen LogP contribution in [0.5, 0.6) is 11.5 Å². The van der Waals surface area contributed by atoms with Crippen LogP contribution >= 0.6 is 11.3 Å². The van der Waals surface area contributed by atoms with E-state index in [4.69, 9.17) is 14.2 Å². The molecule has 2 aromatic rings. The molecular formula is C18H18N2O5S. The molecule has 0 N–H and O–H groups in total. The highest BCUT2D eigenvalue weighted by Crippen LogP contribution is 2.28. The Morgan fingerprint density at radius 1 is 1.35 bits per heavy atom. The number of nitrogens with zero attached hydrogens (tertiary/aromatic N) is 2. The van der Waals surface area contributed by atoms with Crippen LogP contribution in [0.15, 0.2) is 23.6 Å². The first-order valence-corrected chi connectivity index (χ1v) is 8.70. The number of methoxy groups -OCH3 is 1. The number of thiazole rings is 1. The maximum atomic E-state index is 12.2. The predicted octanol–water partition coefficient (Wildman–Crippen LogP) is 2.89. The summed E-state index contributed by atoms with van der Waals surface area (Å²) in [4.78, 5) is 28.5. The van der Waals surface area contributed by atoms with Crippen LogP contribution in [0.2, 0.25) is 0 Å². The molecule has 0 unspecified atom stereocenters. The highest BCUT2D eigenvalue weighted by atomic mass is 32.1. The van der Waals surface area contributed by atoms with Crippen molar-refractivity contribution in [2.45, 2.75) is 19.8 Å². The molecule has 0 radical (unpaired) electrons. The zero-order valence-corrected chi connectivity index (χ0v) is 15.5. The van der Waals surface area contributed by atoms with Crippen LogP contribution in [0.3, 0.4) is 0 Å². The quantitative estimate of drug-likeness (QED) is 0.655. The number of ether oxygens (including phenoxy) is 3. The Balaban J connectivity index is 2.04. The van der Waals surface area contributed by atoms with Crippen LogP contribution in [0, 0.1) is 18.3 Å². The number of carbonyl (C=O) groups excluding carboxylic acids is 2. The normalized spacial score (nSPS) is 11.3. The van der Waals surface area contributed by atoms with Crippen molar-refractivity contribution in [3.05, 3.63) is 39.8 Å². The van der Waals surface area contributed by atoms with Gasteiger partial charge < -0.3 is 14.2 Å². The van der Waals surface area contributed by atoms with Gasteiger partial charge in [0.1, 0.15) is 5.01 Å². The first-order chi connectivity index (χ1) is 12.5. The fourth-order valence-corrected chi connectivity index (χ4v) is 3.01. The third-order valence-corrected chi connectivity index (χ3v) is 4.41. The largest absolute Gasteiger partial charge is 0.493 e. The highest BCUT2D eigenvalue weighted by molar-refractivity contribution is 7.09. The van der Waals surface area contributed by atoms with Gasteiger partial charge >= 0.3 is 5.97 Å². The number of ketones is 1. The van der Waals surface area contributed by atoms with Crippen LogP contribution < -0.4 is 9.47 Å². The topological polar surface area (TPSA) is 98.5 Å². The van der Waals surface area contributed by atoms with Crippen molar-refractivity contribution in [3.8, 4) is 17.6 Å². The molecule has 0 saturated carbocycles. The summed E-state index contributed by atoms with van der Waals surface area (Å²) < 4.78 is 15.6. The lowest BCUT2D eigenvalue weighted by atomic mass is 10.1. The van der Waals surface area contributed by atoms with E-state index in [0.29, 0.717) is 23.1 Å². The molecular weight excluding hydrogens is 356 g/mol. The minimum atomic E-state index is -1.05. The number of hydrogen-bond acceptors (Lipinski definition) is 8. The van der Waals surface area contributed by atoms with Crippen molar-refractivity contribution >= 4 is 23.1 Å². The molecule has 7 nitrogen and oxygen atoms in total. The Morgan fingerprint density at radius 2 is 2.12 bits per heavy atom. The Bertz CT molecular complexity index is 840. The fraction of sp³-hybridized carbons (Fsp3) is 0.333. The lowest BCUT2D eigenvalue weighted by Gasteiger charge is -2.11. The molecule has 136 valence electrons. The second-order valence-electron chi connectivity index (χ2n) is 5.23. The SMILES string of the molecule is CCOc1cc(C(=O)OCC(=O)[C@H](C#N)c2nc(C)cs2)ccc1OC. The van der Waals surface area contributed by atoms with Crippen LogP contribution in [0.4, 0.5) is 0 Å². The molecule has 0 aliphatic heterocycles. The Kier molecular flexibility index (Phi) is 6.69. The minimum Gasteiger partial charge on any atom is -0.493 e. The lowest BCUT2D eigenvalue weighted by Crippen LogP contribution is -2.20. The summed E-state index contributed by atoms with van der Waals surface area (Å²) in [5.41, 5.74) is 0.956. The van der Waals surface area contributed by atoms with Gasteiger partial charge in [0.2, 0.25) is 0 Å². The zero-order valence-electron chi connectivity index (χ0n) is 14.6. The Morgan fingerprint density at radius 3 is 2.69 bits per heavy atom. The molecule has 8 heteroatoms. The third-order valence-electron chi connectivity index (χ3n) is 3.38. The number of carbonyl (C=O) groups is 2. The number of esters is 1. The number of rotatable bonds is 8. The summed E-state index contributed by atoms with van der Waals surface area (Å²) in [5, 5.41) is 11.4. The van der Waals surface area contributed by atoms with E-state index in [1.54, 1.807) is 18.4 Å². The number of hydrogen-bond donors (Lipinski definition) is 0. The van der Waals surface area contributed by atoms with Gasteiger partial charge in [-0.05, 0) is 32.0 Å². The van der Waals surface area contributed by atoms with Crippen molar-refractivity contribution in [2.24, 2.45) is 0 Å². The van der Waals surface area contributed by atoms with E-state index >= 15 is 0 Å². The Hall–Kier alpha value is -2.92. The zero-order chi connectivity index (χ0) is 19.1. The van der Waals surface area contributed by atoms with Gasteiger partial charge in [-0.1, -0.05) is 0 Å². The van der Waals surface area contributed by atoms with Crippen LogP contribution in [0.1, 0.15) is 33.9 Å². The second kappa shape index (κ2) is 8.97. The molecule has 0 bridgehead atoms. The van der Waals surface area contributed by atoms with Crippen molar-refractivity contribution in [1.29, 1.82) is 5.26 Å². The summed E-state index contributed by atoms with van der Waals surface area (Å²) in [5.74, 6) is -1.36. The van der Waals surface area contributed by atoms with E-state index in [2.05, 4.69) is 4.98 Å². The molecule has 1 heterocycles. The van der Waals surface area contributed by atoms with Gasteiger partial charge in [0.05, 0.1) is 25.3 Å². The maximum Gasteiger partial charge on any atom is 0.338 e. The Labute approximate surface area is 155 Å². The monoisotopic (exact) mass is 374 g/mol. The number of aromatic nitrogens is 1. The van der Waals surface area contributed by atoms with Crippen molar-refractivity contribution in [2.75, 3.05) is 20.3 Å². The van der Waals surface area contributed by atoms with E-state index in [-0.39, 0.29) is 5.56 Å². The molecule has 0 aliphatic carbocycles. The number of benzene rings is 1. The van der Waals surface area contributed by atoms with Gasteiger partial charge in [-0.2, -0.15) is 5.26 Å². The van der Waals surface area contributed by atoms with E-state index in [9.17, 15) is 14.9 Å². The van der Waals surface area contributed by atoms with Crippen molar-refractivity contribution < 1.29 is 23.8 Å². The van der Waals surface area contributed by atoms with Gasteiger partial charge in [-0.3, -0.25) is 4.79 Å². The average Bonchev–Trinajstić information content (AvgIpc) is 3.06. The number of aryl methyl sites for hydroxylation is 1. The first-order valence-electron chi connectivity index (χ1n) is 7.82. The first kappa shape index (κ1) is 19.4. The third kappa shape index (κ3) is 4.58. The number of nitriles is 1. The molecule has 0 amide bonds. The van der Waals surface area contributed by atoms with E-state index in [1.165, 1.54) is 30.6 Å². The summed E-state index contributed by atoms with van der Waals surface area (Å²) in [7, 11) is 1.50. The van der Waals surface area contributed by atoms with E-state index in [0.717, 1.165) is 5.69 Å². The second-order valence-corrected chi connectivity index (χ2v) is 6.12. The molecule has 1 aromatic carbocycles. The summed E-state index contributed by atoms with van der Waals surface area (Å²) in [6.45, 7) is 3.49. The average molecular weight is 374 g/mol. The molecule has 0 saturated heterocycles. The summed E-state index contributed by atoms with van der Waals surface area (Å²) >= 11 is 1.23. The van der Waals surface area contributed by atoms with E-state index in [1.807, 2.05) is 13.0 Å². The molecule has 0 spiro atoms. The molecule has 1 aromatic heterocycles. The molecule has 26 heavy (non-hydrogen) atoms. The van der Waals surface area contributed by atoms with Crippen molar-refractivity contribution in [1.82, 2.24) is 4.98 Å². The van der Waals surface area contributed by atoms with Crippen LogP contribution in [-0.2, 0) is 9.53 Å². The summed E-state index contributed by atoms with van der Waals surface area (Å²) in [6, 6.07) is 6.49. The minimum absolute atomic E-state index is 0.223. The van der Waals surface area contributed by atoms with Gasteiger partial charge in [0.15, 0.2) is 29.8 Å². The smallest absolute Gasteiger partial charge is 0.338 e. The van der Waals surface area contributed by atoms with E-state index < -0.39 is 24.3 Å². The summed E-state index contributed by atoms with van der Waals surface area (Å²) in [6.07, 6.45) is 0. The standard InChI is InChI=1S/C18H18N2O5S/c1-4-24-16-7-12(5-6-15(16)23-3)18(22)25-9-14(21)13(8-19)17-20-11(2)10-26-17/h5-7,10,13H,4,9H2,1-3H3/t13-/m0/s1. The van der Waals surface area contributed by atoms with Gasteiger partial charge in [-0.25, -0.2) is 9.78 Å². The van der Waals surface area contributed by atoms with Gasteiger partial charge in [0.25, 0.3) is 0 Å². The highest BCUT2D eigenvalue weighted by Gasteiger charge is 2.25. The molecule has 0 fully saturated rings. The van der Waals surface area contributed by atoms with Crippen LogP contribution in [0.25, 0.3) is 0 Å². The maximum absolute atomic E-state index is 12.2. The van der Waals surface area contributed by atoms with Gasteiger partial charge in [0, 0.05) is 11.1 Å². The molecule has 2 rings (SSSR count). The van der Waals surface area contributed by atoms with Crippen LogP contribution in [-0.4, -0.2) is 37.1 Å². The molecule has 1 atom stereocenters. The number of Topliss-reactive ketones (excluding diaryl/α,β-unsaturated/α-hetero) is 1. The molecule has 0 aliphatic rings. The fourth-order valence-electron chi connectivity index (χ4n) is 2.15. The van der Waals surface area contributed by atoms with Gasteiger partial charge in [-0.15, -0.1) is 11.3 Å². The predicted molar refractivity (Wildman–Crippen MR) is 94.7 cm³/mol. The lowest BCUT2D eigenvalue weighted by molar-refractivity contribution is -0.122.